The number of hydrogen-bond donors (Lipinski definition) is 2. The number of aliphatic hydroxyl groups excluding tert-OH is 1. The highest BCUT2D eigenvalue weighted by molar-refractivity contribution is 4.87. The summed E-state index contributed by atoms with van der Waals surface area (Å²) >= 11 is 0. The first-order valence-corrected chi connectivity index (χ1v) is 6.70. The van der Waals surface area contributed by atoms with Gasteiger partial charge >= 0.3 is 0 Å². The minimum atomic E-state index is -0.259. The summed E-state index contributed by atoms with van der Waals surface area (Å²) in [5.74, 6) is 0.690. The lowest BCUT2D eigenvalue weighted by atomic mass is 10.1. The molecule has 1 aliphatic heterocycles. The Kier molecular flexibility index (Phi) is 5.86. The van der Waals surface area contributed by atoms with Gasteiger partial charge in [0.25, 0.3) is 0 Å². The number of nitrogens with one attached hydrogen (secondary N) is 1. The lowest BCUT2D eigenvalue weighted by Crippen LogP contribution is -2.40. The van der Waals surface area contributed by atoms with E-state index in [0.29, 0.717) is 24.5 Å². The Morgan fingerprint density at radius 3 is 2.47 bits per heavy atom. The smallest absolute Gasteiger partial charge is 0.0791 e. The molecule has 1 aliphatic rings. The zero-order valence-corrected chi connectivity index (χ0v) is 12.0. The Morgan fingerprint density at radius 2 is 2.00 bits per heavy atom. The van der Waals surface area contributed by atoms with Crippen molar-refractivity contribution in [1.29, 1.82) is 0 Å². The van der Waals surface area contributed by atoms with Gasteiger partial charge in [-0.15, -0.1) is 0 Å². The molecule has 1 heterocycles. The average Bonchev–Trinajstić information content (AvgIpc) is 2.56. The molecule has 1 saturated heterocycles. The summed E-state index contributed by atoms with van der Waals surface area (Å²) < 4.78 is 0. The van der Waals surface area contributed by atoms with Crippen molar-refractivity contribution in [2.24, 2.45) is 5.92 Å². The van der Waals surface area contributed by atoms with Crippen LogP contribution in [-0.2, 0) is 0 Å². The molecule has 4 heteroatoms. The van der Waals surface area contributed by atoms with Crippen LogP contribution < -0.4 is 5.32 Å². The van der Waals surface area contributed by atoms with Crippen molar-refractivity contribution in [3.05, 3.63) is 0 Å². The molecule has 0 aromatic heterocycles. The molecule has 1 rings (SSSR count). The number of likely N-dealkylation sites (tertiary alicyclic amines) is 1. The second-order valence-electron chi connectivity index (χ2n) is 5.94. The molecule has 4 nitrogen and oxygen atoms in total. The van der Waals surface area contributed by atoms with Crippen LogP contribution in [0.4, 0.5) is 0 Å². The minimum absolute atomic E-state index is 0.259. The summed E-state index contributed by atoms with van der Waals surface area (Å²) in [5, 5.41) is 13.2. The third-order valence-corrected chi connectivity index (χ3v) is 3.54. The molecule has 3 unspecified atom stereocenters. The number of rotatable bonds is 6. The van der Waals surface area contributed by atoms with E-state index < -0.39 is 0 Å². The second-order valence-corrected chi connectivity index (χ2v) is 5.94. The lowest BCUT2D eigenvalue weighted by molar-refractivity contribution is 0.117. The molecule has 2 N–H and O–H groups in total. The first kappa shape index (κ1) is 14.9. The monoisotopic (exact) mass is 243 g/mol. The SMILES string of the molecule is CC(C)NCC(O)CN1CC(C)C(N(C)C)C1. The van der Waals surface area contributed by atoms with Crippen LogP contribution >= 0.6 is 0 Å². The number of aliphatic hydroxyl groups is 1. The second kappa shape index (κ2) is 6.69. The molecule has 0 bridgehead atoms. The number of β-amino-alcohol motifs (C(OH)–C–C–N with tert-alkyl or cyclic N) is 1. The summed E-state index contributed by atoms with van der Waals surface area (Å²) in [6, 6.07) is 1.07. The fourth-order valence-electron chi connectivity index (χ4n) is 2.60. The summed E-state index contributed by atoms with van der Waals surface area (Å²) in [7, 11) is 4.28. The van der Waals surface area contributed by atoms with Gasteiger partial charge in [-0.3, -0.25) is 4.90 Å². The predicted molar refractivity (Wildman–Crippen MR) is 72.2 cm³/mol. The third kappa shape index (κ3) is 4.92. The summed E-state index contributed by atoms with van der Waals surface area (Å²) in [6.45, 7) is 10.2. The van der Waals surface area contributed by atoms with Crippen molar-refractivity contribution in [1.82, 2.24) is 15.1 Å². The maximum atomic E-state index is 9.95. The van der Waals surface area contributed by atoms with E-state index in [-0.39, 0.29) is 6.10 Å². The molecule has 0 saturated carbocycles. The molecule has 0 spiro atoms. The number of nitrogens with zero attached hydrogens (tertiary/aromatic N) is 2. The van der Waals surface area contributed by atoms with Crippen LogP contribution in [0.1, 0.15) is 20.8 Å². The molecule has 1 fully saturated rings. The van der Waals surface area contributed by atoms with Crippen molar-refractivity contribution in [3.63, 3.8) is 0 Å². The van der Waals surface area contributed by atoms with Gasteiger partial charge in [-0.2, -0.15) is 0 Å². The Balaban J connectivity index is 2.29. The number of likely N-dealkylation sites (N-methyl/N-ethyl adjacent to an activating group) is 1. The van der Waals surface area contributed by atoms with Crippen molar-refractivity contribution < 1.29 is 5.11 Å². The van der Waals surface area contributed by atoms with E-state index in [0.717, 1.165) is 19.6 Å². The highest BCUT2D eigenvalue weighted by atomic mass is 16.3. The van der Waals surface area contributed by atoms with E-state index in [2.05, 4.69) is 50.0 Å². The fraction of sp³-hybridized carbons (Fsp3) is 1.00. The zero-order valence-electron chi connectivity index (χ0n) is 12.0. The Bertz CT molecular complexity index is 221. The lowest BCUT2D eigenvalue weighted by Gasteiger charge is -2.23. The van der Waals surface area contributed by atoms with Crippen LogP contribution in [0, 0.1) is 5.92 Å². The van der Waals surface area contributed by atoms with Crippen LogP contribution in [0.15, 0.2) is 0 Å². The van der Waals surface area contributed by atoms with Gasteiger partial charge in [0.15, 0.2) is 0 Å². The van der Waals surface area contributed by atoms with Gasteiger partial charge in [0.2, 0.25) is 0 Å². The fourth-order valence-corrected chi connectivity index (χ4v) is 2.60. The molecule has 0 amide bonds. The molecule has 102 valence electrons. The van der Waals surface area contributed by atoms with E-state index in [4.69, 9.17) is 0 Å². The van der Waals surface area contributed by atoms with Crippen LogP contribution in [0.5, 0.6) is 0 Å². The van der Waals surface area contributed by atoms with Gasteiger partial charge in [0.05, 0.1) is 6.10 Å². The maximum Gasteiger partial charge on any atom is 0.0791 e. The molecule has 0 aromatic carbocycles. The maximum absolute atomic E-state index is 9.95. The molecular weight excluding hydrogens is 214 g/mol. The molecule has 0 aliphatic carbocycles. The summed E-state index contributed by atoms with van der Waals surface area (Å²) in [5.41, 5.74) is 0. The van der Waals surface area contributed by atoms with Crippen LogP contribution in [0.25, 0.3) is 0 Å². The zero-order chi connectivity index (χ0) is 13.0. The molecule has 0 radical (unpaired) electrons. The van der Waals surface area contributed by atoms with Gasteiger partial charge in [-0.05, 0) is 20.0 Å². The average molecular weight is 243 g/mol. The molecular formula is C13H29N3O. The van der Waals surface area contributed by atoms with Gasteiger partial charge in [0.1, 0.15) is 0 Å². The molecule has 3 atom stereocenters. The Labute approximate surface area is 106 Å². The predicted octanol–water partition coefficient (Wildman–Crippen LogP) is 0.227. The Morgan fingerprint density at radius 1 is 1.35 bits per heavy atom. The summed E-state index contributed by atoms with van der Waals surface area (Å²) in [4.78, 5) is 4.67. The first-order chi connectivity index (χ1) is 7.90. The van der Waals surface area contributed by atoms with Gasteiger partial charge < -0.3 is 15.3 Å². The van der Waals surface area contributed by atoms with E-state index in [1.165, 1.54) is 0 Å². The standard InChI is InChI=1S/C13H29N3O/c1-10(2)14-6-12(17)8-16-7-11(3)13(9-16)15(4)5/h10-14,17H,6-9H2,1-5H3. The molecule has 17 heavy (non-hydrogen) atoms. The van der Waals surface area contributed by atoms with Crippen LogP contribution in [0.2, 0.25) is 0 Å². The largest absolute Gasteiger partial charge is 0.390 e. The quantitative estimate of drug-likeness (QED) is 0.700. The van der Waals surface area contributed by atoms with Gasteiger partial charge in [-0.1, -0.05) is 20.8 Å². The van der Waals surface area contributed by atoms with E-state index in [1.807, 2.05) is 0 Å². The topological polar surface area (TPSA) is 38.7 Å². The normalized spacial score (nSPS) is 28.2. The van der Waals surface area contributed by atoms with Crippen molar-refractivity contribution in [3.8, 4) is 0 Å². The Hall–Kier alpha value is -0.160. The van der Waals surface area contributed by atoms with Crippen LogP contribution in [-0.4, -0.2) is 73.4 Å². The van der Waals surface area contributed by atoms with E-state index in [1.54, 1.807) is 0 Å². The van der Waals surface area contributed by atoms with Gasteiger partial charge in [0, 0.05) is 38.3 Å². The first-order valence-electron chi connectivity index (χ1n) is 6.70. The third-order valence-electron chi connectivity index (χ3n) is 3.54. The number of hydrogen-bond acceptors (Lipinski definition) is 4. The van der Waals surface area contributed by atoms with Crippen molar-refractivity contribution in [2.45, 2.75) is 39.0 Å². The highest BCUT2D eigenvalue weighted by Gasteiger charge is 2.31. The molecule has 0 aromatic rings. The van der Waals surface area contributed by atoms with Crippen LogP contribution in [0.3, 0.4) is 0 Å². The summed E-state index contributed by atoms with van der Waals surface area (Å²) in [6.07, 6.45) is -0.259. The minimum Gasteiger partial charge on any atom is -0.390 e. The van der Waals surface area contributed by atoms with Crippen molar-refractivity contribution in [2.75, 3.05) is 40.3 Å². The van der Waals surface area contributed by atoms with Crippen molar-refractivity contribution >= 4 is 0 Å². The van der Waals surface area contributed by atoms with Gasteiger partial charge in [-0.25, -0.2) is 0 Å². The highest BCUT2D eigenvalue weighted by Crippen LogP contribution is 2.19. The van der Waals surface area contributed by atoms with E-state index >= 15 is 0 Å². The van der Waals surface area contributed by atoms with E-state index in [9.17, 15) is 5.11 Å².